The molecule has 1 amide bonds. The molecule has 0 aliphatic heterocycles. The number of pyridine rings is 1. The third-order valence-electron chi connectivity index (χ3n) is 4.13. The highest BCUT2D eigenvalue weighted by molar-refractivity contribution is 6.31. The van der Waals surface area contributed by atoms with E-state index in [0.717, 1.165) is 35.0 Å². The predicted octanol–water partition coefficient (Wildman–Crippen LogP) is 4.05. The molecule has 0 spiro atoms. The summed E-state index contributed by atoms with van der Waals surface area (Å²) in [5.74, 6) is 0.417. The fourth-order valence-corrected chi connectivity index (χ4v) is 3.04. The molecule has 3 rings (SSSR count). The number of benzene rings is 2. The lowest BCUT2D eigenvalue weighted by Gasteiger charge is -2.08. The topological polar surface area (TPSA) is 77.8 Å². The van der Waals surface area contributed by atoms with Crippen molar-refractivity contribution in [1.82, 2.24) is 10.3 Å². The van der Waals surface area contributed by atoms with E-state index in [0.29, 0.717) is 22.9 Å². The molecule has 6 heteroatoms. The molecule has 0 unspecified atom stereocenters. The van der Waals surface area contributed by atoms with Crippen molar-refractivity contribution in [3.63, 3.8) is 0 Å². The van der Waals surface area contributed by atoms with E-state index in [1.165, 1.54) is 6.92 Å². The van der Waals surface area contributed by atoms with Gasteiger partial charge >= 0.3 is 0 Å². The van der Waals surface area contributed by atoms with Crippen molar-refractivity contribution in [3.8, 4) is 6.07 Å². The molecule has 1 aromatic heterocycles. The van der Waals surface area contributed by atoms with Crippen LogP contribution in [0, 0.1) is 11.3 Å². The van der Waals surface area contributed by atoms with Crippen molar-refractivity contribution < 1.29 is 4.79 Å². The highest BCUT2D eigenvalue weighted by Gasteiger charge is 2.03. The molecule has 0 atom stereocenters. The Morgan fingerprint density at radius 3 is 2.67 bits per heavy atom. The van der Waals surface area contributed by atoms with Gasteiger partial charge in [0.2, 0.25) is 5.91 Å². The van der Waals surface area contributed by atoms with Crippen LogP contribution in [0.5, 0.6) is 0 Å². The number of nitrogens with one attached hydrogen (secondary N) is 2. The van der Waals surface area contributed by atoms with Crippen LogP contribution < -0.4 is 10.6 Å². The maximum atomic E-state index is 11.2. The minimum absolute atomic E-state index is 0.137. The first-order valence-corrected chi connectivity index (χ1v) is 8.99. The molecule has 0 radical (unpaired) electrons. The Balaban J connectivity index is 1.59. The van der Waals surface area contributed by atoms with E-state index in [1.807, 2.05) is 30.3 Å². The highest BCUT2D eigenvalue weighted by atomic mass is 35.5. The van der Waals surface area contributed by atoms with Crippen molar-refractivity contribution in [3.05, 3.63) is 70.2 Å². The van der Waals surface area contributed by atoms with E-state index in [1.54, 1.807) is 12.1 Å². The lowest BCUT2D eigenvalue weighted by molar-refractivity contribution is -0.114. The molecule has 5 nitrogen and oxygen atoms in total. The Labute approximate surface area is 163 Å². The highest BCUT2D eigenvalue weighted by Crippen LogP contribution is 2.18. The van der Waals surface area contributed by atoms with E-state index in [4.69, 9.17) is 16.9 Å². The Morgan fingerprint density at radius 1 is 1.15 bits per heavy atom. The molecule has 3 aromatic rings. The zero-order valence-corrected chi connectivity index (χ0v) is 15.7. The second-order valence-corrected chi connectivity index (χ2v) is 6.66. The van der Waals surface area contributed by atoms with Crippen molar-refractivity contribution in [2.75, 3.05) is 11.9 Å². The average molecular weight is 379 g/mol. The molecule has 136 valence electrons. The molecule has 2 N–H and O–H groups in total. The first kappa shape index (κ1) is 18.8. The molecule has 0 fully saturated rings. The SMILES string of the molecule is CC(=O)Nc1ccc2ccc(CNCCc3ccc(C#N)c(Cl)c3)cc2n1. The Kier molecular flexibility index (Phi) is 6.02. The molecule has 27 heavy (non-hydrogen) atoms. The smallest absolute Gasteiger partial charge is 0.222 e. The number of rotatable bonds is 6. The lowest BCUT2D eigenvalue weighted by Crippen LogP contribution is -2.16. The van der Waals surface area contributed by atoms with Crippen molar-refractivity contribution in [2.45, 2.75) is 19.9 Å². The molecular formula is C21H19ClN4O. The number of hydrogen-bond acceptors (Lipinski definition) is 4. The fourth-order valence-electron chi connectivity index (χ4n) is 2.79. The molecule has 2 aromatic carbocycles. The number of nitriles is 1. The largest absolute Gasteiger partial charge is 0.312 e. The Bertz CT molecular complexity index is 1030. The summed E-state index contributed by atoms with van der Waals surface area (Å²) in [6.07, 6.45) is 0.823. The van der Waals surface area contributed by atoms with Crippen LogP contribution in [-0.4, -0.2) is 17.4 Å². The molecule has 0 saturated carbocycles. The van der Waals surface area contributed by atoms with Gasteiger partial charge in [-0.05, 0) is 54.4 Å². The van der Waals surface area contributed by atoms with Gasteiger partial charge in [0.1, 0.15) is 11.9 Å². The number of aromatic nitrogens is 1. The first-order valence-electron chi connectivity index (χ1n) is 8.61. The second-order valence-electron chi connectivity index (χ2n) is 6.26. The molecule has 1 heterocycles. The van der Waals surface area contributed by atoms with Gasteiger partial charge in [-0.3, -0.25) is 4.79 Å². The fraction of sp³-hybridized carbons (Fsp3) is 0.190. The summed E-state index contributed by atoms with van der Waals surface area (Å²) < 4.78 is 0. The molecule has 0 aliphatic carbocycles. The van der Waals surface area contributed by atoms with Crippen LogP contribution in [-0.2, 0) is 17.8 Å². The van der Waals surface area contributed by atoms with Crippen molar-refractivity contribution >= 4 is 34.2 Å². The van der Waals surface area contributed by atoms with E-state index in [2.05, 4.69) is 27.8 Å². The number of halogens is 1. The van der Waals surface area contributed by atoms with Gasteiger partial charge in [-0.2, -0.15) is 5.26 Å². The molecule has 0 aliphatic rings. The number of fused-ring (bicyclic) bond motifs is 1. The number of nitrogens with zero attached hydrogens (tertiary/aromatic N) is 2. The maximum absolute atomic E-state index is 11.2. The number of hydrogen-bond donors (Lipinski definition) is 2. The van der Waals surface area contributed by atoms with E-state index in [-0.39, 0.29) is 5.91 Å². The second kappa shape index (κ2) is 8.63. The van der Waals surface area contributed by atoms with Gasteiger partial charge in [0.15, 0.2) is 0 Å². The van der Waals surface area contributed by atoms with Crippen LogP contribution >= 0.6 is 11.6 Å². The summed E-state index contributed by atoms with van der Waals surface area (Å²) in [4.78, 5) is 15.7. The lowest BCUT2D eigenvalue weighted by atomic mass is 10.1. The van der Waals surface area contributed by atoms with Gasteiger partial charge in [0, 0.05) is 18.9 Å². The van der Waals surface area contributed by atoms with Crippen LogP contribution in [0.25, 0.3) is 10.9 Å². The molecule has 0 bridgehead atoms. The van der Waals surface area contributed by atoms with Crippen LogP contribution in [0.3, 0.4) is 0 Å². The van der Waals surface area contributed by atoms with Gasteiger partial charge < -0.3 is 10.6 Å². The summed E-state index contributed by atoms with van der Waals surface area (Å²) in [7, 11) is 0. The molecular weight excluding hydrogens is 360 g/mol. The van der Waals surface area contributed by atoms with Gasteiger partial charge in [-0.25, -0.2) is 4.98 Å². The standard InChI is InChI=1S/C21H19ClN4O/c1-14(27)25-21-7-6-17-4-3-16(11-20(17)26-21)13-24-9-8-15-2-5-18(12-23)19(22)10-15/h2-7,10-11,24H,8-9,13H2,1H3,(H,25,26,27). The summed E-state index contributed by atoms with van der Waals surface area (Å²) in [5, 5.41) is 16.5. The van der Waals surface area contributed by atoms with E-state index < -0.39 is 0 Å². The zero-order valence-electron chi connectivity index (χ0n) is 14.9. The van der Waals surface area contributed by atoms with Gasteiger partial charge in [-0.15, -0.1) is 0 Å². The maximum Gasteiger partial charge on any atom is 0.222 e. The average Bonchev–Trinajstić information content (AvgIpc) is 2.64. The van der Waals surface area contributed by atoms with E-state index in [9.17, 15) is 4.79 Å². The minimum atomic E-state index is -0.137. The number of carbonyl (C=O) groups is 1. The Hall–Kier alpha value is -2.94. The first-order chi connectivity index (χ1) is 13.0. The number of carbonyl (C=O) groups excluding carboxylic acids is 1. The quantitative estimate of drug-likeness (QED) is 0.634. The van der Waals surface area contributed by atoms with Crippen LogP contribution in [0.1, 0.15) is 23.6 Å². The third-order valence-corrected chi connectivity index (χ3v) is 4.45. The van der Waals surface area contributed by atoms with Gasteiger partial charge in [0.05, 0.1) is 16.1 Å². The van der Waals surface area contributed by atoms with Gasteiger partial charge in [-0.1, -0.05) is 29.8 Å². The van der Waals surface area contributed by atoms with Crippen LogP contribution in [0.2, 0.25) is 5.02 Å². The summed E-state index contributed by atoms with van der Waals surface area (Å²) in [6.45, 7) is 2.97. The summed E-state index contributed by atoms with van der Waals surface area (Å²) in [6, 6.07) is 17.4. The molecule has 0 saturated heterocycles. The normalized spacial score (nSPS) is 10.6. The number of amides is 1. The van der Waals surface area contributed by atoms with Crippen molar-refractivity contribution in [1.29, 1.82) is 5.26 Å². The third kappa shape index (κ3) is 5.04. The minimum Gasteiger partial charge on any atom is -0.312 e. The summed E-state index contributed by atoms with van der Waals surface area (Å²) in [5.41, 5.74) is 3.55. The Morgan fingerprint density at radius 2 is 1.93 bits per heavy atom. The zero-order chi connectivity index (χ0) is 19.2. The van der Waals surface area contributed by atoms with Crippen molar-refractivity contribution in [2.24, 2.45) is 0 Å². The van der Waals surface area contributed by atoms with E-state index >= 15 is 0 Å². The monoisotopic (exact) mass is 378 g/mol. The van der Waals surface area contributed by atoms with Crippen LogP contribution in [0.15, 0.2) is 48.5 Å². The van der Waals surface area contributed by atoms with Crippen LogP contribution in [0.4, 0.5) is 5.82 Å². The predicted molar refractivity (Wildman–Crippen MR) is 108 cm³/mol. The summed E-state index contributed by atoms with van der Waals surface area (Å²) >= 11 is 6.06. The number of anilines is 1. The van der Waals surface area contributed by atoms with Gasteiger partial charge in [0.25, 0.3) is 0 Å².